The molecule has 0 radical (unpaired) electrons. The Morgan fingerprint density at radius 3 is 1.55 bits per heavy atom. The predicted molar refractivity (Wildman–Crippen MR) is 274 cm³/mol. The highest BCUT2D eigenvalue weighted by Gasteiger charge is 2.47. The summed E-state index contributed by atoms with van der Waals surface area (Å²) in [6, 6.07) is 84.5. The van der Waals surface area contributed by atoms with Crippen LogP contribution >= 0.6 is 0 Å². The highest BCUT2D eigenvalue weighted by Crippen LogP contribution is 2.59. The Labute approximate surface area is 385 Å². The molecular weight excluding hydrogens is 797 g/mol. The first-order valence-corrected chi connectivity index (χ1v) is 23.0. The summed E-state index contributed by atoms with van der Waals surface area (Å²) in [5, 5.41) is 4.83. The summed E-state index contributed by atoms with van der Waals surface area (Å²) in [6.07, 6.45) is 0. The summed E-state index contributed by atoms with van der Waals surface area (Å²) in [7, 11) is 0. The summed E-state index contributed by atoms with van der Waals surface area (Å²) >= 11 is 0. The zero-order valence-electron chi connectivity index (χ0n) is 36.8. The van der Waals surface area contributed by atoms with E-state index >= 15 is 0 Å². The monoisotopic (exact) mass is 840 g/mol. The zero-order valence-corrected chi connectivity index (χ0v) is 36.8. The van der Waals surface area contributed by atoms with E-state index in [-0.39, 0.29) is 5.41 Å². The summed E-state index contributed by atoms with van der Waals surface area (Å²) in [5.74, 6) is 0.707. The summed E-state index contributed by atoms with van der Waals surface area (Å²) in [4.78, 5) is 10.9. The molecule has 0 spiro atoms. The smallest absolute Gasteiger partial charge is 0.160 e. The lowest BCUT2D eigenvalue weighted by Gasteiger charge is -2.35. The van der Waals surface area contributed by atoms with Crippen molar-refractivity contribution in [2.45, 2.75) is 24.7 Å². The van der Waals surface area contributed by atoms with Gasteiger partial charge in [-0.1, -0.05) is 226 Å². The number of hydrogen-bond donors (Lipinski definition) is 0. The Morgan fingerprint density at radius 2 is 0.833 bits per heavy atom. The molecule has 0 fully saturated rings. The van der Waals surface area contributed by atoms with Gasteiger partial charge in [-0.05, 0) is 107 Å². The van der Waals surface area contributed by atoms with E-state index < -0.39 is 5.41 Å². The van der Waals surface area contributed by atoms with Crippen molar-refractivity contribution in [3.8, 4) is 67.3 Å². The minimum absolute atomic E-state index is 0.174. The van der Waals surface area contributed by atoms with E-state index in [9.17, 15) is 0 Å². The van der Waals surface area contributed by atoms with Crippen molar-refractivity contribution in [1.29, 1.82) is 0 Å². The molecule has 0 saturated carbocycles. The Hall–Kier alpha value is -8.20. The van der Waals surface area contributed by atoms with Crippen molar-refractivity contribution < 1.29 is 0 Å². The molecule has 2 nitrogen and oxygen atoms in total. The molecule has 2 aliphatic carbocycles. The molecule has 0 amide bonds. The lowest BCUT2D eigenvalue weighted by molar-refractivity contribution is 0.661. The molecule has 13 rings (SSSR count). The van der Waals surface area contributed by atoms with Gasteiger partial charge in [0, 0.05) is 22.1 Å². The van der Waals surface area contributed by atoms with E-state index in [4.69, 9.17) is 9.97 Å². The molecule has 0 N–H and O–H groups in total. The van der Waals surface area contributed by atoms with Crippen molar-refractivity contribution in [1.82, 2.24) is 9.97 Å². The number of hydrogen-bond acceptors (Lipinski definition) is 2. The van der Waals surface area contributed by atoms with Crippen LogP contribution in [-0.2, 0) is 10.8 Å². The second kappa shape index (κ2) is 14.7. The van der Waals surface area contributed by atoms with Crippen LogP contribution < -0.4 is 0 Å². The molecule has 1 heterocycles. The van der Waals surface area contributed by atoms with Gasteiger partial charge >= 0.3 is 0 Å². The molecule has 2 heteroatoms. The third-order valence-corrected chi connectivity index (χ3v) is 14.6. The van der Waals surface area contributed by atoms with Crippen LogP contribution in [0.2, 0.25) is 0 Å². The summed E-state index contributed by atoms with van der Waals surface area (Å²) < 4.78 is 0. The average Bonchev–Trinajstić information content (AvgIpc) is 3.81. The maximum Gasteiger partial charge on any atom is 0.160 e. The van der Waals surface area contributed by atoms with Crippen LogP contribution in [0.3, 0.4) is 0 Å². The molecule has 0 unspecified atom stereocenters. The van der Waals surface area contributed by atoms with Crippen molar-refractivity contribution in [3.05, 3.63) is 264 Å². The third-order valence-electron chi connectivity index (χ3n) is 14.6. The Balaban J connectivity index is 1.05. The number of fused-ring (bicyclic) bond motifs is 8. The van der Waals surface area contributed by atoms with Crippen molar-refractivity contribution >= 4 is 21.5 Å². The van der Waals surface area contributed by atoms with Crippen molar-refractivity contribution in [2.75, 3.05) is 0 Å². The Kier molecular flexibility index (Phi) is 8.51. The largest absolute Gasteiger partial charge is 0.228 e. The first-order valence-electron chi connectivity index (χ1n) is 23.0. The minimum Gasteiger partial charge on any atom is -0.228 e. The van der Waals surface area contributed by atoms with Crippen LogP contribution in [0.25, 0.3) is 88.8 Å². The third kappa shape index (κ3) is 5.55. The van der Waals surface area contributed by atoms with Crippen LogP contribution in [0, 0.1) is 0 Å². The van der Waals surface area contributed by atoms with Crippen LogP contribution in [0.5, 0.6) is 0 Å². The fraction of sp³-hybridized carbons (Fsp3) is 0.0625. The van der Waals surface area contributed by atoms with E-state index in [1.807, 2.05) is 0 Å². The van der Waals surface area contributed by atoms with Gasteiger partial charge in [0.1, 0.15) is 0 Å². The summed E-state index contributed by atoms with van der Waals surface area (Å²) in [6.45, 7) is 4.71. The highest BCUT2D eigenvalue weighted by atomic mass is 14.9. The van der Waals surface area contributed by atoms with Crippen LogP contribution in [0.15, 0.2) is 231 Å². The summed E-state index contributed by atoms with van der Waals surface area (Å²) in [5.41, 5.74) is 19.6. The Bertz CT molecular complexity index is 3680. The molecule has 0 bridgehead atoms. The average molecular weight is 841 g/mol. The van der Waals surface area contributed by atoms with Crippen molar-refractivity contribution in [3.63, 3.8) is 0 Å². The first-order chi connectivity index (χ1) is 32.5. The molecule has 0 saturated heterocycles. The predicted octanol–water partition coefficient (Wildman–Crippen LogP) is 16.1. The van der Waals surface area contributed by atoms with E-state index in [0.717, 1.165) is 33.5 Å². The van der Waals surface area contributed by atoms with Gasteiger partial charge < -0.3 is 0 Å². The van der Waals surface area contributed by atoms with Gasteiger partial charge in [0.2, 0.25) is 0 Å². The lowest BCUT2D eigenvalue weighted by atomic mass is 9.66. The number of nitrogens with zero attached hydrogens (tertiary/aromatic N) is 2. The van der Waals surface area contributed by atoms with Crippen LogP contribution in [0.1, 0.15) is 47.2 Å². The quantitative estimate of drug-likeness (QED) is 0.167. The van der Waals surface area contributed by atoms with Crippen molar-refractivity contribution in [2.24, 2.45) is 0 Å². The topological polar surface area (TPSA) is 25.8 Å². The second-order valence-corrected chi connectivity index (χ2v) is 18.4. The van der Waals surface area contributed by atoms with Crippen LogP contribution in [0.4, 0.5) is 0 Å². The van der Waals surface area contributed by atoms with Gasteiger partial charge in [-0.25, -0.2) is 9.97 Å². The SMILES string of the molecule is CC1(C)c2cc3ccccc3cc2-c2c(-c3cc(-c4ccc(-c5cccc6c5C(c5ccccc5)(c5ccccc5)c5ccccc5-6)c5ccccc45)nc(-c4ccccc4)n3)cccc21. The van der Waals surface area contributed by atoms with Gasteiger partial charge in [-0.3, -0.25) is 0 Å². The van der Waals surface area contributed by atoms with E-state index in [1.54, 1.807) is 0 Å². The van der Waals surface area contributed by atoms with E-state index in [1.165, 1.54) is 82.9 Å². The molecule has 2 aliphatic rings. The molecule has 66 heavy (non-hydrogen) atoms. The van der Waals surface area contributed by atoms with Gasteiger partial charge in [-0.15, -0.1) is 0 Å². The maximum absolute atomic E-state index is 5.44. The van der Waals surface area contributed by atoms with E-state index in [2.05, 4.69) is 244 Å². The molecule has 11 aromatic rings. The van der Waals surface area contributed by atoms with Gasteiger partial charge in [-0.2, -0.15) is 0 Å². The molecule has 310 valence electrons. The van der Waals surface area contributed by atoms with E-state index in [0.29, 0.717) is 5.82 Å². The second-order valence-electron chi connectivity index (χ2n) is 18.4. The Morgan fingerprint density at radius 1 is 0.333 bits per heavy atom. The fourth-order valence-electron chi connectivity index (χ4n) is 11.6. The lowest BCUT2D eigenvalue weighted by Crippen LogP contribution is -2.29. The number of aromatic nitrogens is 2. The highest BCUT2D eigenvalue weighted by molar-refractivity contribution is 6.07. The van der Waals surface area contributed by atoms with Gasteiger partial charge in [0.05, 0.1) is 16.8 Å². The molecular formula is C64H44N2. The normalized spacial score (nSPS) is 13.8. The molecule has 10 aromatic carbocycles. The standard InChI is InChI=1S/C64H44N2/c1-63(2)56-35-19-33-53(60(56)54-38-42-22-12-13-23-43(42)39-57(54)63)59-40-58(65-62(66-59)41-20-6-3-7-21-41)50-37-36-48(46-28-14-15-29-47(46)50)51-31-18-32-52-49-30-16-17-34-55(49)64(61(51)52,44-24-8-4-9-25-44)45-26-10-5-11-27-45/h3-40H,1-2H3. The minimum atomic E-state index is -0.535. The molecule has 0 aliphatic heterocycles. The van der Waals surface area contributed by atoms with Gasteiger partial charge in [0.25, 0.3) is 0 Å². The number of benzene rings is 10. The zero-order chi connectivity index (χ0) is 44.0. The fourth-order valence-corrected chi connectivity index (χ4v) is 11.6. The number of rotatable bonds is 6. The molecule has 0 atom stereocenters. The van der Waals surface area contributed by atoms with Gasteiger partial charge in [0.15, 0.2) is 5.82 Å². The molecule has 1 aromatic heterocycles. The van der Waals surface area contributed by atoms with Crippen LogP contribution in [-0.4, -0.2) is 9.97 Å². The maximum atomic E-state index is 5.44. The first kappa shape index (κ1) is 38.3.